The molecule has 0 saturated carbocycles. The molecule has 1 N–H and O–H groups in total. The minimum Gasteiger partial charge on any atom is -0.406 e. The average Bonchev–Trinajstić information content (AvgIpc) is 2.34. The van der Waals surface area contributed by atoms with Crippen molar-refractivity contribution in [2.45, 2.75) is 26.3 Å². The van der Waals surface area contributed by atoms with Gasteiger partial charge >= 0.3 is 6.36 Å². The third kappa shape index (κ3) is 5.28. The molecule has 0 saturated heterocycles. The van der Waals surface area contributed by atoms with Crippen molar-refractivity contribution in [2.75, 3.05) is 5.88 Å². The van der Waals surface area contributed by atoms with Crippen molar-refractivity contribution in [3.8, 4) is 5.75 Å². The number of halogens is 4. The van der Waals surface area contributed by atoms with Gasteiger partial charge < -0.3 is 10.1 Å². The topological polar surface area (TPSA) is 38.3 Å². The Morgan fingerprint density at radius 2 is 1.85 bits per heavy atom. The zero-order valence-corrected chi connectivity index (χ0v) is 11.8. The van der Waals surface area contributed by atoms with Crippen LogP contribution in [0.4, 0.5) is 13.2 Å². The van der Waals surface area contributed by atoms with Crippen molar-refractivity contribution in [3.63, 3.8) is 0 Å². The quantitative estimate of drug-likeness (QED) is 0.844. The van der Waals surface area contributed by atoms with Crippen LogP contribution in [0.1, 0.15) is 24.2 Å². The lowest BCUT2D eigenvalue weighted by Gasteiger charge is -2.19. The zero-order valence-electron chi connectivity index (χ0n) is 11.0. The molecule has 0 aliphatic rings. The van der Waals surface area contributed by atoms with Crippen molar-refractivity contribution in [1.29, 1.82) is 0 Å². The maximum absolute atomic E-state index is 12.0. The molecule has 1 aromatic rings. The Morgan fingerprint density at radius 3 is 2.25 bits per heavy atom. The van der Waals surface area contributed by atoms with Gasteiger partial charge in [-0.1, -0.05) is 13.8 Å². The largest absolute Gasteiger partial charge is 0.573 e. The summed E-state index contributed by atoms with van der Waals surface area (Å²) in [6.45, 7) is 3.82. The van der Waals surface area contributed by atoms with E-state index in [2.05, 4.69) is 10.1 Å². The maximum Gasteiger partial charge on any atom is 0.573 e. The molecule has 0 heterocycles. The number of carbonyl (C=O) groups excluding carboxylic acids is 1. The van der Waals surface area contributed by atoms with Gasteiger partial charge in [0.2, 0.25) is 0 Å². The van der Waals surface area contributed by atoms with Crippen LogP contribution in [0.2, 0.25) is 0 Å². The Bertz CT molecular complexity index is 446. The van der Waals surface area contributed by atoms with Crippen molar-refractivity contribution >= 4 is 17.5 Å². The lowest BCUT2D eigenvalue weighted by molar-refractivity contribution is -0.274. The van der Waals surface area contributed by atoms with E-state index in [9.17, 15) is 18.0 Å². The molecule has 1 atom stereocenters. The predicted molar refractivity (Wildman–Crippen MR) is 69.9 cm³/mol. The first kappa shape index (κ1) is 16.6. The Balaban J connectivity index is 2.71. The standard InChI is InChI=1S/C13H15ClF3NO2/c1-8(2)11(7-14)18-12(19)9-3-5-10(6-4-9)20-13(15,16)17/h3-6,8,11H,7H2,1-2H3,(H,18,19). The zero-order chi connectivity index (χ0) is 15.3. The number of hydrogen-bond donors (Lipinski definition) is 1. The molecule has 1 unspecified atom stereocenters. The molecule has 0 aromatic heterocycles. The van der Waals surface area contributed by atoms with Crippen molar-refractivity contribution in [3.05, 3.63) is 29.8 Å². The van der Waals surface area contributed by atoms with Gasteiger partial charge in [-0.2, -0.15) is 0 Å². The summed E-state index contributed by atoms with van der Waals surface area (Å²) in [5.74, 6) is -0.336. The van der Waals surface area contributed by atoms with Gasteiger partial charge in [-0.05, 0) is 30.2 Å². The molecular weight excluding hydrogens is 295 g/mol. The van der Waals surface area contributed by atoms with E-state index in [0.717, 1.165) is 12.1 Å². The van der Waals surface area contributed by atoms with Crippen LogP contribution in [0, 0.1) is 5.92 Å². The average molecular weight is 310 g/mol. The van der Waals surface area contributed by atoms with E-state index in [4.69, 9.17) is 11.6 Å². The number of ether oxygens (including phenoxy) is 1. The molecule has 0 fully saturated rings. The monoisotopic (exact) mass is 309 g/mol. The van der Waals surface area contributed by atoms with Crippen LogP contribution in [0.3, 0.4) is 0 Å². The van der Waals surface area contributed by atoms with E-state index < -0.39 is 6.36 Å². The SMILES string of the molecule is CC(C)C(CCl)NC(=O)c1ccc(OC(F)(F)F)cc1. The Morgan fingerprint density at radius 1 is 1.30 bits per heavy atom. The number of nitrogens with one attached hydrogen (secondary N) is 1. The molecule has 1 aromatic carbocycles. The molecule has 7 heteroatoms. The number of amides is 1. The molecule has 112 valence electrons. The van der Waals surface area contributed by atoms with E-state index >= 15 is 0 Å². The summed E-state index contributed by atoms with van der Waals surface area (Å²) in [5, 5.41) is 2.72. The Kier molecular flexibility index (Phi) is 5.68. The molecule has 0 bridgehead atoms. The lowest BCUT2D eigenvalue weighted by atomic mass is 10.1. The fourth-order valence-electron chi connectivity index (χ4n) is 1.44. The molecule has 20 heavy (non-hydrogen) atoms. The second-order valence-electron chi connectivity index (χ2n) is 4.55. The van der Waals surface area contributed by atoms with Crippen LogP contribution >= 0.6 is 11.6 Å². The minimum atomic E-state index is -4.74. The molecular formula is C13H15ClF3NO2. The number of benzene rings is 1. The van der Waals surface area contributed by atoms with Crippen LogP contribution in [-0.4, -0.2) is 24.2 Å². The summed E-state index contributed by atoms with van der Waals surface area (Å²) in [7, 11) is 0. The minimum absolute atomic E-state index is 0.157. The number of alkyl halides is 4. The van der Waals surface area contributed by atoms with E-state index in [0.29, 0.717) is 0 Å². The number of hydrogen-bond acceptors (Lipinski definition) is 2. The van der Waals surface area contributed by atoms with Gasteiger partial charge in [-0.3, -0.25) is 4.79 Å². The van der Waals surface area contributed by atoms with Gasteiger partial charge in [-0.15, -0.1) is 24.8 Å². The Labute approximate surface area is 120 Å². The normalized spacial score (nSPS) is 13.2. The number of rotatable bonds is 5. The molecule has 1 amide bonds. The molecule has 0 aliphatic carbocycles. The lowest BCUT2D eigenvalue weighted by Crippen LogP contribution is -2.39. The van der Waals surface area contributed by atoms with Crippen LogP contribution < -0.4 is 10.1 Å². The summed E-state index contributed by atoms with van der Waals surface area (Å²) in [6.07, 6.45) is -4.74. The van der Waals surface area contributed by atoms with Crippen molar-refractivity contribution < 1.29 is 22.7 Å². The van der Waals surface area contributed by atoms with Crippen LogP contribution in [0.25, 0.3) is 0 Å². The van der Waals surface area contributed by atoms with Gasteiger partial charge in [0, 0.05) is 17.5 Å². The summed E-state index contributed by atoms with van der Waals surface area (Å²) >= 11 is 5.73. The highest BCUT2D eigenvalue weighted by Crippen LogP contribution is 2.22. The van der Waals surface area contributed by atoms with Gasteiger partial charge in [-0.25, -0.2) is 0 Å². The van der Waals surface area contributed by atoms with E-state index in [1.54, 1.807) is 0 Å². The molecule has 0 spiro atoms. The summed E-state index contributed by atoms with van der Waals surface area (Å²) in [6, 6.07) is 4.51. The van der Waals surface area contributed by atoms with Gasteiger partial charge in [0.1, 0.15) is 5.75 Å². The van der Waals surface area contributed by atoms with E-state index in [1.165, 1.54) is 12.1 Å². The van der Waals surface area contributed by atoms with Gasteiger partial charge in [0.15, 0.2) is 0 Å². The summed E-state index contributed by atoms with van der Waals surface area (Å²) in [5.41, 5.74) is 0.246. The Hall–Kier alpha value is -1.43. The van der Waals surface area contributed by atoms with E-state index in [-0.39, 0.29) is 35.1 Å². The van der Waals surface area contributed by atoms with Gasteiger partial charge in [0.05, 0.1) is 0 Å². The predicted octanol–water partition coefficient (Wildman–Crippen LogP) is 3.58. The van der Waals surface area contributed by atoms with Crippen molar-refractivity contribution in [1.82, 2.24) is 5.32 Å². The summed E-state index contributed by atoms with van der Waals surface area (Å²) < 4.78 is 39.7. The van der Waals surface area contributed by atoms with Crippen LogP contribution in [-0.2, 0) is 0 Å². The third-order valence-corrected chi connectivity index (χ3v) is 2.97. The first-order valence-corrected chi connectivity index (χ1v) is 6.49. The van der Waals surface area contributed by atoms with Crippen LogP contribution in [0.15, 0.2) is 24.3 Å². The smallest absolute Gasteiger partial charge is 0.406 e. The first-order valence-electron chi connectivity index (χ1n) is 5.95. The molecule has 0 radical (unpaired) electrons. The molecule has 1 rings (SSSR count). The fraction of sp³-hybridized carbons (Fsp3) is 0.462. The maximum atomic E-state index is 12.0. The highest BCUT2D eigenvalue weighted by molar-refractivity contribution is 6.18. The fourth-order valence-corrected chi connectivity index (χ4v) is 1.88. The summed E-state index contributed by atoms with van der Waals surface area (Å²) in [4.78, 5) is 11.9. The molecule has 3 nitrogen and oxygen atoms in total. The highest BCUT2D eigenvalue weighted by Gasteiger charge is 2.31. The number of carbonyl (C=O) groups is 1. The van der Waals surface area contributed by atoms with Gasteiger partial charge in [0.25, 0.3) is 5.91 Å². The molecule has 0 aliphatic heterocycles. The second-order valence-corrected chi connectivity index (χ2v) is 4.86. The van der Waals surface area contributed by atoms with E-state index in [1.807, 2.05) is 13.8 Å². The first-order chi connectivity index (χ1) is 9.23. The van der Waals surface area contributed by atoms with Crippen LogP contribution in [0.5, 0.6) is 5.75 Å². The third-order valence-electron chi connectivity index (χ3n) is 2.64. The highest BCUT2D eigenvalue weighted by atomic mass is 35.5. The second kappa shape index (κ2) is 6.83. The van der Waals surface area contributed by atoms with Crippen molar-refractivity contribution in [2.24, 2.45) is 5.92 Å².